The molecule has 0 radical (unpaired) electrons. The molecule has 0 spiro atoms. The summed E-state index contributed by atoms with van der Waals surface area (Å²) >= 11 is 0. The maximum Gasteiger partial charge on any atom is 0.259 e. The van der Waals surface area contributed by atoms with Gasteiger partial charge in [0.15, 0.2) is 5.82 Å². The highest BCUT2D eigenvalue weighted by Crippen LogP contribution is 2.22. The van der Waals surface area contributed by atoms with Gasteiger partial charge in [-0.25, -0.2) is 0 Å². The van der Waals surface area contributed by atoms with E-state index in [4.69, 9.17) is 9.26 Å². The average molecular weight is 337 g/mol. The predicted molar refractivity (Wildman–Crippen MR) is 94.7 cm³/mol. The quantitative estimate of drug-likeness (QED) is 0.737. The highest BCUT2D eigenvalue weighted by molar-refractivity contribution is 6.06. The van der Waals surface area contributed by atoms with Crippen LogP contribution in [0.2, 0.25) is 0 Å². The van der Waals surface area contributed by atoms with Gasteiger partial charge in [0.1, 0.15) is 5.75 Å². The number of nitrogens with zero attached hydrogens (tertiary/aromatic N) is 2. The Balaban J connectivity index is 1.74. The lowest BCUT2D eigenvalue weighted by molar-refractivity contribution is 0.102. The first kappa shape index (κ1) is 16.7. The number of para-hydroxylation sites is 1. The molecule has 0 aliphatic carbocycles. The fourth-order valence-electron chi connectivity index (χ4n) is 2.34. The number of hydrogen-bond donors (Lipinski definition) is 1. The molecule has 0 aliphatic rings. The van der Waals surface area contributed by atoms with Gasteiger partial charge in [-0.1, -0.05) is 24.2 Å². The molecule has 2 aromatic carbocycles. The number of benzene rings is 2. The van der Waals surface area contributed by atoms with Gasteiger partial charge in [-0.15, -0.1) is 0 Å². The van der Waals surface area contributed by atoms with Crippen LogP contribution in [0.1, 0.15) is 30.0 Å². The van der Waals surface area contributed by atoms with E-state index in [1.165, 1.54) is 0 Å². The summed E-state index contributed by atoms with van der Waals surface area (Å²) in [7, 11) is 0. The van der Waals surface area contributed by atoms with Crippen molar-refractivity contribution in [1.29, 1.82) is 0 Å². The molecule has 1 aromatic heterocycles. The van der Waals surface area contributed by atoms with E-state index in [1.54, 1.807) is 30.3 Å². The minimum Gasteiger partial charge on any atom is -0.493 e. The number of nitrogens with one attached hydrogen (secondary N) is 1. The minimum absolute atomic E-state index is 0.220. The van der Waals surface area contributed by atoms with Crippen molar-refractivity contribution in [2.24, 2.45) is 0 Å². The Morgan fingerprint density at radius 2 is 1.88 bits per heavy atom. The van der Waals surface area contributed by atoms with Crippen LogP contribution in [0.3, 0.4) is 0 Å². The number of carbonyl (C=O) groups is 1. The van der Waals surface area contributed by atoms with Crippen molar-refractivity contribution in [3.8, 4) is 17.2 Å². The summed E-state index contributed by atoms with van der Waals surface area (Å²) in [5.74, 6) is 1.48. The summed E-state index contributed by atoms with van der Waals surface area (Å²) in [6.45, 7) is 4.35. The van der Waals surface area contributed by atoms with E-state index < -0.39 is 0 Å². The third-order valence-electron chi connectivity index (χ3n) is 3.61. The van der Waals surface area contributed by atoms with Gasteiger partial charge >= 0.3 is 0 Å². The van der Waals surface area contributed by atoms with Crippen LogP contribution in [0.25, 0.3) is 11.5 Å². The van der Waals surface area contributed by atoms with Crippen LogP contribution in [0, 0.1) is 0 Å². The molecule has 0 unspecified atom stereocenters. The van der Waals surface area contributed by atoms with E-state index in [9.17, 15) is 4.79 Å². The molecule has 128 valence electrons. The predicted octanol–water partition coefficient (Wildman–Crippen LogP) is 3.95. The lowest BCUT2D eigenvalue weighted by Crippen LogP contribution is -2.13. The van der Waals surface area contributed by atoms with E-state index in [0.29, 0.717) is 35.3 Å². The summed E-state index contributed by atoms with van der Waals surface area (Å²) in [6.07, 6.45) is 0.719. The van der Waals surface area contributed by atoms with Crippen LogP contribution in [-0.4, -0.2) is 22.7 Å². The standard InChI is InChI=1S/C19H19N3O3/c1-3-17-21-19(25-22-17)13-9-11-14(12-10-13)20-18(23)15-7-5-6-8-16(15)24-4-2/h5-12H,3-4H2,1-2H3,(H,20,23). The van der Waals surface area contributed by atoms with Gasteiger partial charge in [0.2, 0.25) is 0 Å². The van der Waals surface area contributed by atoms with Crippen LogP contribution in [-0.2, 0) is 6.42 Å². The first-order chi connectivity index (χ1) is 12.2. The van der Waals surface area contributed by atoms with Crippen molar-refractivity contribution < 1.29 is 14.1 Å². The number of rotatable bonds is 6. The van der Waals surface area contributed by atoms with E-state index in [0.717, 1.165) is 12.0 Å². The van der Waals surface area contributed by atoms with Crippen LogP contribution >= 0.6 is 0 Å². The molecule has 25 heavy (non-hydrogen) atoms. The largest absolute Gasteiger partial charge is 0.493 e. The van der Waals surface area contributed by atoms with Crippen molar-refractivity contribution in [1.82, 2.24) is 10.1 Å². The molecule has 3 rings (SSSR count). The van der Waals surface area contributed by atoms with Gasteiger partial charge < -0.3 is 14.6 Å². The number of hydrogen-bond acceptors (Lipinski definition) is 5. The van der Waals surface area contributed by atoms with Crippen LogP contribution < -0.4 is 10.1 Å². The molecule has 0 bridgehead atoms. The number of aryl methyl sites for hydroxylation is 1. The highest BCUT2D eigenvalue weighted by Gasteiger charge is 2.13. The second-order valence-electron chi connectivity index (χ2n) is 5.33. The third-order valence-corrected chi connectivity index (χ3v) is 3.61. The van der Waals surface area contributed by atoms with E-state index >= 15 is 0 Å². The first-order valence-corrected chi connectivity index (χ1v) is 8.17. The second-order valence-corrected chi connectivity index (χ2v) is 5.33. The molecule has 3 aromatic rings. The Morgan fingerprint density at radius 3 is 2.56 bits per heavy atom. The molecular weight excluding hydrogens is 318 g/mol. The van der Waals surface area contributed by atoms with Crippen molar-refractivity contribution in [2.45, 2.75) is 20.3 Å². The molecule has 0 fully saturated rings. The Morgan fingerprint density at radius 1 is 1.12 bits per heavy atom. The van der Waals surface area contributed by atoms with E-state index in [2.05, 4.69) is 15.5 Å². The first-order valence-electron chi connectivity index (χ1n) is 8.17. The van der Waals surface area contributed by atoms with Crippen molar-refractivity contribution in [3.05, 3.63) is 59.9 Å². The molecule has 0 atom stereocenters. The molecule has 0 saturated heterocycles. The second kappa shape index (κ2) is 7.61. The third kappa shape index (κ3) is 3.85. The maximum absolute atomic E-state index is 12.5. The van der Waals surface area contributed by atoms with Gasteiger partial charge in [0.25, 0.3) is 11.8 Å². The molecule has 6 nitrogen and oxygen atoms in total. The van der Waals surface area contributed by atoms with Gasteiger partial charge in [0, 0.05) is 17.7 Å². The zero-order valence-electron chi connectivity index (χ0n) is 14.2. The van der Waals surface area contributed by atoms with Crippen LogP contribution in [0.4, 0.5) is 5.69 Å². The van der Waals surface area contributed by atoms with Gasteiger partial charge in [0.05, 0.1) is 12.2 Å². The topological polar surface area (TPSA) is 77.2 Å². The molecule has 1 heterocycles. The van der Waals surface area contributed by atoms with E-state index in [-0.39, 0.29) is 5.91 Å². The maximum atomic E-state index is 12.5. The summed E-state index contributed by atoms with van der Waals surface area (Å²) in [5.41, 5.74) is 1.98. The lowest BCUT2D eigenvalue weighted by atomic mass is 10.1. The van der Waals surface area contributed by atoms with Crippen molar-refractivity contribution >= 4 is 11.6 Å². The molecule has 0 aliphatic heterocycles. The fourth-order valence-corrected chi connectivity index (χ4v) is 2.34. The van der Waals surface area contributed by atoms with Crippen molar-refractivity contribution in [3.63, 3.8) is 0 Å². The monoisotopic (exact) mass is 337 g/mol. The molecule has 1 N–H and O–H groups in total. The number of ether oxygens (including phenoxy) is 1. The van der Waals surface area contributed by atoms with Gasteiger partial charge in [-0.3, -0.25) is 4.79 Å². The summed E-state index contributed by atoms with van der Waals surface area (Å²) < 4.78 is 10.7. The molecule has 1 amide bonds. The SMILES string of the molecule is CCOc1ccccc1C(=O)Nc1ccc(-c2nc(CC)no2)cc1. The summed E-state index contributed by atoms with van der Waals surface area (Å²) in [4.78, 5) is 16.8. The highest BCUT2D eigenvalue weighted by atomic mass is 16.5. The summed E-state index contributed by atoms with van der Waals surface area (Å²) in [5, 5.41) is 6.75. The molecular formula is C19H19N3O3. The number of aromatic nitrogens is 2. The average Bonchev–Trinajstić information content (AvgIpc) is 3.12. The Labute approximate surface area is 145 Å². The fraction of sp³-hybridized carbons (Fsp3) is 0.211. The minimum atomic E-state index is -0.220. The Kier molecular flexibility index (Phi) is 5.09. The van der Waals surface area contributed by atoms with Crippen molar-refractivity contribution in [2.75, 3.05) is 11.9 Å². The smallest absolute Gasteiger partial charge is 0.259 e. The number of amides is 1. The summed E-state index contributed by atoms with van der Waals surface area (Å²) in [6, 6.07) is 14.4. The molecule has 6 heteroatoms. The Bertz CT molecular complexity index is 856. The van der Waals surface area contributed by atoms with Crippen LogP contribution in [0.5, 0.6) is 5.75 Å². The van der Waals surface area contributed by atoms with Gasteiger partial charge in [-0.05, 0) is 43.3 Å². The number of anilines is 1. The Hall–Kier alpha value is -3.15. The normalized spacial score (nSPS) is 10.5. The molecule has 0 saturated carbocycles. The van der Waals surface area contributed by atoms with Gasteiger partial charge in [-0.2, -0.15) is 4.98 Å². The van der Waals surface area contributed by atoms with Crippen LogP contribution in [0.15, 0.2) is 53.1 Å². The number of carbonyl (C=O) groups excluding carboxylic acids is 1. The lowest BCUT2D eigenvalue weighted by Gasteiger charge is -2.10. The van der Waals surface area contributed by atoms with E-state index in [1.807, 2.05) is 32.0 Å². The zero-order chi connectivity index (χ0) is 17.6. The zero-order valence-corrected chi connectivity index (χ0v) is 14.2.